The number of rotatable bonds is 8. The van der Waals surface area contributed by atoms with Crippen molar-refractivity contribution in [2.45, 2.75) is 130 Å². The van der Waals surface area contributed by atoms with Crippen LogP contribution in [0.3, 0.4) is 0 Å². The minimum atomic E-state index is -3.05. The summed E-state index contributed by atoms with van der Waals surface area (Å²) in [5.74, 6) is 1.01. The molecule has 0 radical (unpaired) electrons. The molecule has 0 fully saturated rings. The van der Waals surface area contributed by atoms with Gasteiger partial charge in [-0.05, 0) is 99.2 Å². The maximum atomic E-state index is 11.8. The number of esters is 2. The van der Waals surface area contributed by atoms with Crippen LogP contribution in [-0.4, -0.2) is 37.8 Å². The van der Waals surface area contributed by atoms with Crippen molar-refractivity contribution >= 4 is 21.8 Å². The molecule has 0 N–H and O–H groups in total. The molecule has 3 rings (SSSR count). The van der Waals surface area contributed by atoms with Gasteiger partial charge < -0.3 is 9.47 Å². The number of carbonyl (C=O) groups excluding carboxylic acids is 2. The van der Waals surface area contributed by atoms with Gasteiger partial charge in [0, 0.05) is 6.26 Å². The van der Waals surface area contributed by atoms with Gasteiger partial charge in [-0.2, -0.15) is 0 Å². The van der Waals surface area contributed by atoms with E-state index in [2.05, 4.69) is 59.7 Å². The summed E-state index contributed by atoms with van der Waals surface area (Å²) in [7, 11) is -3.05. The van der Waals surface area contributed by atoms with Crippen LogP contribution in [-0.2, 0) is 41.7 Å². The molecule has 0 saturated heterocycles. The number of benzene rings is 3. The summed E-state index contributed by atoms with van der Waals surface area (Å²) < 4.78 is 32.9. The van der Waals surface area contributed by atoms with Gasteiger partial charge in [0.05, 0.1) is 17.7 Å². The number of hydrogen-bond acceptors (Lipinski definition) is 6. The Morgan fingerprint density at radius 2 is 1.11 bits per heavy atom. The average molecular weight is 667 g/mol. The van der Waals surface area contributed by atoms with E-state index in [1.807, 2.05) is 84.0 Å². The predicted molar refractivity (Wildman–Crippen MR) is 194 cm³/mol. The van der Waals surface area contributed by atoms with Crippen LogP contribution in [0.15, 0.2) is 77.7 Å². The zero-order valence-electron chi connectivity index (χ0n) is 30.9. The van der Waals surface area contributed by atoms with E-state index >= 15 is 0 Å². The van der Waals surface area contributed by atoms with Crippen LogP contribution in [0.25, 0.3) is 0 Å². The summed E-state index contributed by atoms with van der Waals surface area (Å²) in [6, 6.07) is 23.2. The van der Waals surface area contributed by atoms with Crippen molar-refractivity contribution in [1.82, 2.24) is 0 Å². The SMILES string of the molecule is CC(C)c1ccc(S(C)(=O)=O)cc1.CC(C)c1cccc(CC(=O)OC(C)(C)C)c1.CC(C)c1ccccc1CC(=O)OC(C)(C)C. The fraction of sp³-hybridized carbons (Fsp3) is 0.500. The molecule has 0 unspecified atom stereocenters. The summed E-state index contributed by atoms with van der Waals surface area (Å²) in [5.41, 5.74) is 4.90. The highest BCUT2D eigenvalue weighted by Crippen LogP contribution is 2.21. The smallest absolute Gasteiger partial charge is 0.310 e. The molecule has 0 aliphatic rings. The van der Waals surface area contributed by atoms with Crippen molar-refractivity contribution in [1.29, 1.82) is 0 Å². The van der Waals surface area contributed by atoms with E-state index in [0.717, 1.165) is 16.7 Å². The van der Waals surface area contributed by atoms with E-state index in [9.17, 15) is 18.0 Å². The van der Waals surface area contributed by atoms with Crippen molar-refractivity contribution in [3.05, 3.63) is 101 Å². The Bertz CT molecular complexity index is 1520. The van der Waals surface area contributed by atoms with Crippen LogP contribution in [0.2, 0.25) is 0 Å². The lowest BCUT2D eigenvalue weighted by atomic mass is 9.95. The van der Waals surface area contributed by atoms with E-state index in [1.165, 1.54) is 17.4 Å². The van der Waals surface area contributed by atoms with Crippen molar-refractivity contribution < 1.29 is 27.5 Å². The maximum absolute atomic E-state index is 11.8. The van der Waals surface area contributed by atoms with Crippen molar-refractivity contribution in [3.8, 4) is 0 Å². The second kappa shape index (κ2) is 18.2. The first kappa shape index (κ1) is 41.6. The van der Waals surface area contributed by atoms with Gasteiger partial charge in [-0.3, -0.25) is 9.59 Å². The standard InChI is InChI=1S/2C15H22O2.C10H14O2S/c1-11(2)13-8-6-7-12(9-13)10-14(16)17-15(3,4)5;1-11(2)13-9-7-6-8-12(13)10-14(16)17-15(3,4)5;1-8(2)9-4-6-10(7-5-9)13(3,11)12/h2*6-9,11H,10H2,1-5H3;4-8H,1-3H3. The third-order valence-corrected chi connectivity index (χ3v) is 7.92. The lowest BCUT2D eigenvalue weighted by Gasteiger charge is -2.20. The summed E-state index contributed by atoms with van der Waals surface area (Å²) in [6.07, 6.45) is 1.92. The first-order valence-electron chi connectivity index (χ1n) is 16.4. The van der Waals surface area contributed by atoms with Crippen molar-refractivity contribution in [3.63, 3.8) is 0 Å². The van der Waals surface area contributed by atoms with Crippen molar-refractivity contribution in [2.24, 2.45) is 0 Å². The minimum Gasteiger partial charge on any atom is -0.460 e. The molecule has 260 valence electrons. The summed E-state index contributed by atoms with van der Waals surface area (Å²) >= 11 is 0. The normalized spacial score (nSPS) is 11.7. The molecule has 6 nitrogen and oxygen atoms in total. The molecule has 0 bridgehead atoms. The second-order valence-electron chi connectivity index (χ2n) is 14.8. The summed E-state index contributed by atoms with van der Waals surface area (Å²) in [6.45, 7) is 24.0. The first-order chi connectivity index (χ1) is 21.5. The summed E-state index contributed by atoms with van der Waals surface area (Å²) in [5, 5.41) is 0. The maximum Gasteiger partial charge on any atom is 0.310 e. The number of hydrogen-bond donors (Lipinski definition) is 0. The molecule has 0 atom stereocenters. The lowest BCUT2D eigenvalue weighted by molar-refractivity contribution is -0.155. The zero-order valence-corrected chi connectivity index (χ0v) is 31.7. The molecule has 3 aromatic carbocycles. The number of carbonyl (C=O) groups is 2. The van der Waals surface area contributed by atoms with Crippen LogP contribution in [0, 0.1) is 0 Å². The van der Waals surface area contributed by atoms with Gasteiger partial charge in [-0.25, -0.2) is 8.42 Å². The third kappa shape index (κ3) is 17.3. The Morgan fingerprint density at radius 1 is 0.617 bits per heavy atom. The van der Waals surface area contributed by atoms with E-state index in [1.54, 1.807) is 12.1 Å². The van der Waals surface area contributed by atoms with E-state index in [-0.39, 0.29) is 11.9 Å². The van der Waals surface area contributed by atoms with E-state index in [4.69, 9.17) is 9.47 Å². The molecular formula is C40H58O6S. The van der Waals surface area contributed by atoms with Gasteiger partial charge in [-0.1, -0.05) is 102 Å². The van der Waals surface area contributed by atoms with Gasteiger partial charge in [0.1, 0.15) is 11.2 Å². The van der Waals surface area contributed by atoms with Gasteiger partial charge in [-0.15, -0.1) is 0 Å². The fourth-order valence-corrected chi connectivity index (χ4v) is 5.13. The van der Waals surface area contributed by atoms with Gasteiger partial charge in [0.2, 0.25) is 0 Å². The van der Waals surface area contributed by atoms with Crippen LogP contribution in [0.5, 0.6) is 0 Å². The molecule has 0 aliphatic carbocycles. The van der Waals surface area contributed by atoms with Crippen LogP contribution < -0.4 is 0 Å². The Kier molecular flexibility index (Phi) is 16.1. The molecule has 7 heteroatoms. The van der Waals surface area contributed by atoms with Crippen LogP contribution in [0.4, 0.5) is 0 Å². The largest absolute Gasteiger partial charge is 0.460 e. The predicted octanol–water partition coefficient (Wildman–Crippen LogP) is 9.60. The lowest BCUT2D eigenvalue weighted by Crippen LogP contribution is -2.25. The summed E-state index contributed by atoms with van der Waals surface area (Å²) in [4.78, 5) is 23.9. The Hall–Kier alpha value is -3.45. The molecule has 0 spiro atoms. The monoisotopic (exact) mass is 666 g/mol. The minimum absolute atomic E-state index is 0.161. The average Bonchev–Trinajstić information content (AvgIpc) is 2.91. The Balaban J connectivity index is 0.000000356. The fourth-order valence-electron chi connectivity index (χ4n) is 4.50. The molecule has 3 aromatic rings. The second-order valence-corrected chi connectivity index (χ2v) is 16.8. The first-order valence-corrected chi connectivity index (χ1v) is 18.3. The topological polar surface area (TPSA) is 86.7 Å². The van der Waals surface area contributed by atoms with Crippen LogP contribution in [0.1, 0.15) is 129 Å². The highest BCUT2D eigenvalue weighted by molar-refractivity contribution is 7.90. The van der Waals surface area contributed by atoms with Gasteiger partial charge in [0.15, 0.2) is 9.84 Å². The highest BCUT2D eigenvalue weighted by atomic mass is 32.2. The molecule has 0 amide bonds. The third-order valence-electron chi connectivity index (χ3n) is 6.79. The molecule has 0 aliphatic heterocycles. The molecule has 47 heavy (non-hydrogen) atoms. The molecular weight excluding hydrogens is 609 g/mol. The van der Waals surface area contributed by atoms with E-state index in [0.29, 0.717) is 35.5 Å². The molecule has 0 aromatic heterocycles. The Morgan fingerprint density at radius 3 is 1.55 bits per heavy atom. The highest BCUT2D eigenvalue weighted by Gasteiger charge is 2.18. The Labute approximate surface area is 285 Å². The quantitative estimate of drug-likeness (QED) is 0.223. The van der Waals surface area contributed by atoms with Crippen LogP contribution >= 0.6 is 0 Å². The van der Waals surface area contributed by atoms with E-state index < -0.39 is 21.0 Å². The number of ether oxygens (including phenoxy) is 2. The molecule has 0 saturated carbocycles. The van der Waals surface area contributed by atoms with Crippen molar-refractivity contribution in [2.75, 3.05) is 6.26 Å². The molecule has 0 heterocycles. The van der Waals surface area contributed by atoms with Gasteiger partial charge in [0.25, 0.3) is 0 Å². The number of sulfone groups is 1. The zero-order chi connectivity index (χ0) is 36.2. The van der Waals surface area contributed by atoms with Gasteiger partial charge >= 0.3 is 11.9 Å².